The molecule has 0 bridgehead atoms. The van der Waals surface area contributed by atoms with Crippen LogP contribution in [0.2, 0.25) is 0 Å². The smallest absolute Gasteiger partial charge is 0.315 e. The molecule has 0 saturated heterocycles. The van der Waals surface area contributed by atoms with Crippen molar-refractivity contribution < 1.29 is 9.90 Å². The van der Waals surface area contributed by atoms with Gasteiger partial charge in [-0.2, -0.15) is 0 Å². The Labute approximate surface area is 135 Å². The maximum Gasteiger partial charge on any atom is 0.315 e. The lowest BCUT2D eigenvalue weighted by Gasteiger charge is -2.39. The highest BCUT2D eigenvalue weighted by molar-refractivity contribution is 5.82. The molecule has 124 valence electrons. The minimum absolute atomic E-state index is 0.0593. The number of hydrogen-bond donors (Lipinski definition) is 1. The minimum atomic E-state index is -0.900. The van der Waals surface area contributed by atoms with Gasteiger partial charge in [0.2, 0.25) is 0 Å². The second-order valence-corrected chi connectivity index (χ2v) is 6.70. The van der Waals surface area contributed by atoms with E-state index in [9.17, 15) is 9.90 Å². The molecule has 2 atom stereocenters. The molecule has 1 N–H and O–H groups in total. The average Bonchev–Trinajstić information content (AvgIpc) is 2.47. The number of rotatable bonds is 8. The number of nitrogens with zero attached hydrogens (tertiary/aromatic N) is 1. The summed E-state index contributed by atoms with van der Waals surface area (Å²) in [4.78, 5) is 14.2. The fraction of sp³-hybridized carbons (Fsp3) is 0.632. The molecule has 1 rings (SSSR count). The Morgan fingerprint density at radius 2 is 1.64 bits per heavy atom. The lowest BCUT2D eigenvalue weighted by Crippen LogP contribution is -2.51. The van der Waals surface area contributed by atoms with Crippen molar-refractivity contribution in [1.82, 2.24) is 4.90 Å². The highest BCUT2D eigenvalue weighted by atomic mass is 16.4. The van der Waals surface area contributed by atoms with Gasteiger partial charge in [-0.3, -0.25) is 9.69 Å². The first-order valence-electron chi connectivity index (χ1n) is 8.34. The molecule has 0 radical (unpaired) electrons. The summed E-state index contributed by atoms with van der Waals surface area (Å²) in [5.41, 5.74) is 1.25. The van der Waals surface area contributed by atoms with Crippen molar-refractivity contribution in [2.24, 2.45) is 5.92 Å². The molecule has 0 spiro atoms. The van der Waals surface area contributed by atoms with Crippen LogP contribution in [-0.4, -0.2) is 35.1 Å². The van der Waals surface area contributed by atoms with E-state index in [-0.39, 0.29) is 6.04 Å². The summed E-state index contributed by atoms with van der Waals surface area (Å²) < 4.78 is 0. The lowest BCUT2D eigenvalue weighted by molar-refractivity contribution is -0.145. The van der Waals surface area contributed by atoms with Crippen LogP contribution in [0.4, 0.5) is 0 Å². The van der Waals surface area contributed by atoms with Crippen LogP contribution >= 0.6 is 0 Å². The van der Waals surface area contributed by atoms with Crippen molar-refractivity contribution >= 4 is 5.97 Å². The molecule has 1 aromatic rings. The molecule has 0 fully saturated rings. The summed E-state index contributed by atoms with van der Waals surface area (Å²) in [5.74, 6) is -0.158. The summed E-state index contributed by atoms with van der Waals surface area (Å²) in [6.45, 7) is 14.1. The molecule has 0 aliphatic rings. The molecule has 1 aromatic carbocycles. The molecular formula is C19H31NO2. The lowest BCUT2D eigenvalue weighted by atomic mass is 9.75. The zero-order valence-corrected chi connectivity index (χ0v) is 14.9. The quantitative estimate of drug-likeness (QED) is 0.790. The first-order chi connectivity index (χ1) is 10.3. The Hall–Kier alpha value is -1.35. The molecule has 0 heterocycles. The van der Waals surface area contributed by atoms with Gasteiger partial charge in [0.05, 0.1) is 0 Å². The molecule has 0 amide bonds. The molecule has 0 saturated carbocycles. The van der Waals surface area contributed by atoms with E-state index >= 15 is 0 Å². The number of carboxylic acid groups (broad SMARTS) is 1. The first-order valence-corrected chi connectivity index (χ1v) is 8.34. The van der Waals surface area contributed by atoms with Crippen LogP contribution in [0.3, 0.4) is 0 Å². The molecule has 22 heavy (non-hydrogen) atoms. The summed E-state index contributed by atoms with van der Waals surface area (Å²) in [6, 6.07) is 8.07. The average molecular weight is 305 g/mol. The zero-order chi connectivity index (χ0) is 16.9. The molecule has 3 heteroatoms. The molecule has 2 unspecified atom stereocenters. The van der Waals surface area contributed by atoms with E-state index in [2.05, 4.69) is 44.7 Å². The molecule has 0 aromatic heterocycles. The molecule has 0 aliphatic heterocycles. The van der Waals surface area contributed by atoms with Gasteiger partial charge in [-0.1, -0.05) is 52.0 Å². The Kier molecular flexibility index (Phi) is 6.61. The van der Waals surface area contributed by atoms with E-state index in [0.717, 1.165) is 25.1 Å². The van der Waals surface area contributed by atoms with Crippen molar-refractivity contribution in [3.63, 3.8) is 0 Å². The minimum Gasteiger partial charge on any atom is -0.481 e. The van der Waals surface area contributed by atoms with Crippen molar-refractivity contribution in [2.75, 3.05) is 13.1 Å². The monoisotopic (exact) mass is 305 g/mol. The predicted molar refractivity (Wildman–Crippen MR) is 92.4 cm³/mol. The van der Waals surface area contributed by atoms with Crippen molar-refractivity contribution in [2.45, 2.75) is 59.4 Å². The number of carbonyl (C=O) groups is 1. The summed E-state index contributed by atoms with van der Waals surface area (Å²) in [5, 5.41) is 9.88. The second kappa shape index (κ2) is 7.77. The van der Waals surface area contributed by atoms with Crippen LogP contribution in [0.25, 0.3) is 0 Å². The van der Waals surface area contributed by atoms with E-state index in [1.807, 2.05) is 26.0 Å². The summed E-state index contributed by atoms with van der Waals surface area (Å²) >= 11 is 0. The fourth-order valence-electron chi connectivity index (χ4n) is 3.14. The fourth-order valence-corrected chi connectivity index (χ4v) is 3.14. The third-order valence-electron chi connectivity index (χ3n) is 4.84. The Morgan fingerprint density at radius 3 is 2.00 bits per heavy atom. The highest BCUT2D eigenvalue weighted by Gasteiger charge is 2.42. The van der Waals surface area contributed by atoms with Gasteiger partial charge in [0.25, 0.3) is 0 Å². The standard InChI is InChI=1S/C19H31NO2/c1-7-20(8-2)15(5)19(6,18(21)22)17-11-9-16(10-12-17)13-14(3)4/h9-12,14-15H,7-8,13H2,1-6H3,(H,21,22). The number of carboxylic acids is 1. The number of aliphatic carboxylic acids is 1. The summed E-state index contributed by atoms with van der Waals surface area (Å²) in [6.07, 6.45) is 1.02. The van der Waals surface area contributed by atoms with Gasteiger partial charge >= 0.3 is 5.97 Å². The van der Waals surface area contributed by atoms with E-state index in [0.29, 0.717) is 5.92 Å². The topological polar surface area (TPSA) is 40.5 Å². The predicted octanol–water partition coefficient (Wildman–Crippen LogP) is 3.96. The van der Waals surface area contributed by atoms with Crippen LogP contribution < -0.4 is 0 Å². The van der Waals surface area contributed by atoms with Crippen LogP contribution in [0.1, 0.15) is 52.7 Å². The Balaban J connectivity index is 3.16. The van der Waals surface area contributed by atoms with E-state index in [1.54, 1.807) is 0 Å². The molecule has 0 aliphatic carbocycles. The SMILES string of the molecule is CCN(CC)C(C)C(C)(C(=O)O)c1ccc(CC(C)C)cc1. The van der Waals surface area contributed by atoms with Gasteiger partial charge in [0.1, 0.15) is 5.41 Å². The van der Waals surface area contributed by atoms with Crippen LogP contribution in [0.5, 0.6) is 0 Å². The number of hydrogen-bond acceptors (Lipinski definition) is 2. The van der Waals surface area contributed by atoms with E-state index in [1.165, 1.54) is 5.56 Å². The maximum absolute atomic E-state index is 12.0. The van der Waals surface area contributed by atoms with Gasteiger partial charge in [0.15, 0.2) is 0 Å². The van der Waals surface area contributed by atoms with Crippen LogP contribution in [0, 0.1) is 5.92 Å². The largest absolute Gasteiger partial charge is 0.481 e. The third-order valence-corrected chi connectivity index (χ3v) is 4.84. The van der Waals surface area contributed by atoms with Gasteiger partial charge in [-0.25, -0.2) is 0 Å². The Morgan fingerprint density at radius 1 is 1.14 bits per heavy atom. The van der Waals surface area contributed by atoms with Crippen LogP contribution in [0.15, 0.2) is 24.3 Å². The Bertz CT molecular complexity index is 477. The van der Waals surface area contributed by atoms with Gasteiger partial charge in [-0.05, 0) is 50.4 Å². The van der Waals surface area contributed by atoms with Gasteiger partial charge in [-0.15, -0.1) is 0 Å². The van der Waals surface area contributed by atoms with E-state index < -0.39 is 11.4 Å². The number of likely N-dealkylation sites (N-methyl/N-ethyl adjacent to an activating group) is 1. The normalized spacial score (nSPS) is 15.8. The summed E-state index contributed by atoms with van der Waals surface area (Å²) in [7, 11) is 0. The van der Waals surface area contributed by atoms with Crippen molar-refractivity contribution in [1.29, 1.82) is 0 Å². The van der Waals surface area contributed by atoms with Gasteiger partial charge < -0.3 is 5.11 Å². The molecular weight excluding hydrogens is 274 g/mol. The first kappa shape index (κ1) is 18.7. The van der Waals surface area contributed by atoms with Gasteiger partial charge in [0, 0.05) is 6.04 Å². The zero-order valence-electron chi connectivity index (χ0n) is 14.9. The second-order valence-electron chi connectivity index (χ2n) is 6.70. The number of benzene rings is 1. The van der Waals surface area contributed by atoms with Crippen molar-refractivity contribution in [3.05, 3.63) is 35.4 Å². The van der Waals surface area contributed by atoms with Crippen molar-refractivity contribution in [3.8, 4) is 0 Å². The maximum atomic E-state index is 12.0. The van der Waals surface area contributed by atoms with E-state index in [4.69, 9.17) is 0 Å². The molecule has 3 nitrogen and oxygen atoms in total. The van der Waals surface area contributed by atoms with Crippen LogP contribution in [-0.2, 0) is 16.6 Å². The third kappa shape index (κ3) is 3.89. The highest BCUT2D eigenvalue weighted by Crippen LogP contribution is 2.31.